The van der Waals surface area contributed by atoms with E-state index in [4.69, 9.17) is 5.84 Å². The number of amides is 1. The van der Waals surface area contributed by atoms with Crippen LogP contribution in [-0.4, -0.2) is 44.5 Å². The monoisotopic (exact) mass is 331 g/mol. The molecule has 6 nitrogen and oxygen atoms in total. The van der Waals surface area contributed by atoms with E-state index in [1.165, 1.54) is 16.4 Å². The second-order valence-electron chi connectivity index (χ2n) is 5.20. The lowest BCUT2D eigenvalue weighted by Gasteiger charge is -2.20. The first kappa shape index (κ1) is 17.1. The van der Waals surface area contributed by atoms with Crippen molar-refractivity contribution < 1.29 is 4.79 Å². The van der Waals surface area contributed by atoms with Crippen LogP contribution < -0.4 is 5.84 Å². The Morgan fingerprint density at radius 2 is 2.04 bits per heavy atom. The fourth-order valence-corrected chi connectivity index (χ4v) is 2.84. The molecule has 2 N–H and O–H groups in total. The fraction of sp³-hybridized carbons (Fsp3) is 0.312. The van der Waals surface area contributed by atoms with Crippen molar-refractivity contribution in [2.45, 2.75) is 19.0 Å². The Labute approximate surface area is 140 Å². The van der Waals surface area contributed by atoms with E-state index in [9.17, 15) is 4.79 Å². The Kier molecular flexibility index (Phi) is 5.81. The maximum absolute atomic E-state index is 12.2. The molecule has 0 fully saturated rings. The molecule has 0 radical (unpaired) electrons. The molecule has 1 aromatic heterocycles. The third kappa shape index (κ3) is 4.35. The minimum Gasteiger partial charge on any atom is -0.338 e. The van der Waals surface area contributed by atoms with Gasteiger partial charge in [0, 0.05) is 18.7 Å². The molecule has 0 aliphatic heterocycles. The number of carbonyl (C=O) groups excluding carboxylic acids is 1. The largest absolute Gasteiger partial charge is 0.338 e. The summed E-state index contributed by atoms with van der Waals surface area (Å²) in [6.45, 7) is 8.92. The van der Waals surface area contributed by atoms with Gasteiger partial charge in [0.15, 0.2) is 5.82 Å². The van der Waals surface area contributed by atoms with Gasteiger partial charge in [-0.25, -0.2) is 4.68 Å². The lowest BCUT2D eigenvalue weighted by atomic mass is 10.2. The molecule has 0 spiro atoms. The van der Waals surface area contributed by atoms with E-state index in [-0.39, 0.29) is 11.7 Å². The molecule has 23 heavy (non-hydrogen) atoms. The zero-order valence-electron chi connectivity index (χ0n) is 13.4. The van der Waals surface area contributed by atoms with Crippen LogP contribution in [0.3, 0.4) is 0 Å². The van der Waals surface area contributed by atoms with Gasteiger partial charge in [-0.1, -0.05) is 54.2 Å². The summed E-state index contributed by atoms with van der Waals surface area (Å²) >= 11 is 1.28. The SMILES string of the molecule is C=C(C)CN(CC)C(=O)CSc1nnc(-c2ccccc2)n1N. The van der Waals surface area contributed by atoms with Crippen LogP contribution in [0.5, 0.6) is 0 Å². The highest BCUT2D eigenvalue weighted by Crippen LogP contribution is 2.21. The average molecular weight is 331 g/mol. The molecule has 0 saturated heterocycles. The standard InChI is InChI=1S/C16H21N5OS/c1-4-20(10-12(2)3)14(22)11-23-16-19-18-15(21(16)17)13-8-6-5-7-9-13/h5-9H,2,4,10-11,17H2,1,3H3. The van der Waals surface area contributed by atoms with Gasteiger partial charge in [0.2, 0.25) is 11.1 Å². The van der Waals surface area contributed by atoms with E-state index in [1.54, 1.807) is 4.90 Å². The highest BCUT2D eigenvalue weighted by Gasteiger charge is 2.16. The van der Waals surface area contributed by atoms with Gasteiger partial charge in [-0.05, 0) is 13.8 Å². The van der Waals surface area contributed by atoms with Crippen LogP contribution in [0.15, 0.2) is 47.6 Å². The average Bonchev–Trinajstić information content (AvgIpc) is 2.91. The molecule has 0 atom stereocenters. The zero-order chi connectivity index (χ0) is 16.8. The predicted molar refractivity (Wildman–Crippen MR) is 93.4 cm³/mol. The van der Waals surface area contributed by atoms with Crippen molar-refractivity contribution in [1.29, 1.82) is 0 Å². The van der Waals surface area contributed by atoms with Crippen molar-refractivity contribution in [2.75, 3.05) is 24.7 Å². The van der Waals surface area contributed by atoms with Crippen molar-refractivity contribution in [2.24, 2.45) is 0 Å². The fourth-order valence-electron chi connectivity index (χ4n) is 2.08. The van der Waals surface area contributed by atoms with Crippen molar-refractivity contribution in [3.63, 3.8) is 0 Å². The van der Waals surface area contributed by atoms with Crippen LogP contribution in [0, 0.1) is 0 Å². The van der Waals surface area contributed by atoms with E-state index in [0.29, 0.717) is 24.1 Å². The number of likely N-dealkylation sites (N-methyl/N-ethyl adjacent to an activating group) is 1. The molecule has 0 unspecified atom stereocenters. The summed E-state index contributed by atoms with van der Waals surface area (Å²) in [5, 5.41) is 8.70. The molecule has 7 heteroatoms. The smallest absolute Gasteiger partial charge is 0.233 e. The van der Waals surface area contributed by atoms with Crippen molar-refractivity contribution >= 4 is 17.7 Å². The molecule has 0 aliphatic carbocycles. The number of nitrogens with zero attached hydrogens (tertiary/aromatic N) is 4. The van der Waals surface area contributed by atoms with Crippen LogP contribution in [0.25, 0.3) is 11.4 Å². The van der Waals surface area contributed by atoms with E-state index in [1.807, 2.05) is 44.2 Å². The Bertz CT molecular complexity index is 683. The van der Waals surface area contributed by atoms with Gasteiger partial charge in [0.25, 0.3) is 0 Å². The number of aromatic nitrogens is 3. The molecule has 122 valence electrons. The Balaban J connectivity index is 2.03. The van der Waals surface area contributed by atoms with Gasteiger partial charge in [0.1, 0.15) is 0 Å². The number of nitrogen functional groups attached to an aromatic ring is 1. The van der Waals surface area contributed by atoms with Crippen molar-refractivity contribution in [1.82, 2.24) is 19.8 Å². The second kappa shape index (κ2) is 7.82. The maximum atomic E-state index is 12.2. The number of benzene rings is 1. The van der Waals surface area contributed by atoms with Crippen molar-refractivity contribution in [3.8, 4) is 11.4 Å². The van der Waals surface area contributed by atoms with E-state index >= 15 is 0 Å². The third-order valence-electron chi connectivity index (χ3n) is 3.22. The summed E-state index contributed by atoms with van der Waals surface area (Å²) in [5.41, 5.74) is 1.84. The zero-order valence-corrected chi connectivity index (χ0v) is 14.2. The first-order valence-corrected chi connectivity index (χ1v) is 8.32. The number of nitrogens with two attached hydrogens (primary N) is 1. The molecular weight excluding hydrogens is 310 g/mol. The van der Waals surface area contributed by atoms with Crippen LogP contribution in [0.2, 0.25) is 0 Å². The lowest BCUT2D eigenvalue weighted by molar-refractivity contribution is -0.127. The van der Waals surface area contributed by atoms with Crippen LogP contribution in [-0.2, 0) is 4.79 Å². The molecule has 0 bridgehead atoms. The highest BCUT2D eigenvalue weighted by molar-refractivity contribution is 7.99. The molecular formula is C16H21N5OS. The number of carbonyl (C=O) groups is 1. The molecule has 1 aromatic carbocycles. The minimum atomic E-state index is 0.0322. The number of rotatable bonds is 7. The second-order valence-corrected chi connectivity index (χ2v) is 6.14. The molecule has 2 rings (SSSR count). The molecule has 1 amide bonds. The summed E-state index contributed by atoms with van der Waals surface area (Å²) in [5.74, 6) is 6.92. The van der Waals surface area contributed by atoms with Crippen LogP contribution in [0.4, 0.5) is 0 Å². The summed E-state index contributed by atoms with van der Waals surface area (Å²) in [6.07, 6.45) is 0. The number of thioether (sulfide) groups is 1. The normalized spacial score (nSPS) is 10.5. The molecule has 0 aliphatic rings. The van der Waals surface area contributed by atoms with Crippen LogP contribution in [0.1, 0.15) is 13.8 Å². The highest BCUT2D eigenvalue weighted by atomic mass is 32.2. The summed E-state index contributed by atoms with van der Waals surface area (Å²) in [4.78, 5) is 14.0. The first-order valence-electron chi connectivity index (χ1n) is 7.33. The van der Waals surface area contributed by atoms with Gasteiger partial charge in [0.05, 0.1) is 5.75 Å². The number of hydrogen-bond acceptors (Lipinski definition) is 5. The molecule has 1 heterocycles. The Morgan fingerprint density at radius 1 is 1.35 bits per heavy atom. The number of hydrogen-bond donors (Lipinski definition) is 1. The van der Waals surface area contributed by atoms with Gasteiger partial charge in [-0.2, -0.15) is 0 Å². The van der Waals surface area contributed by atoms with E-state index < -0.39 is 0 Å². The Morgan fingerprint density at radius 3 is 2.65 bits per heavy atom. The van der Waals surface area contributed by atoms with Gasteiger partial charge >= 0.3 is 0 Å². The predicted octanol–water partition coefficient (Wildman–Crippen LogP) is 2.18. The van der Waals surface area contributed by atoms with Gasteiger partial charge in [-0.3, -0.25) is 4.79 Å². The first-order chi connectivity index (χ1) is 11.0. The molecule has 0 saturated carbocycles. The lowest BCUT2D eigenvalue weighted by Crippen LogP contribution is -2.33. The van der Waals surface area contributed by atoms with Gasteiger partial charge < -0.3 is 10.7 Å². The van der Waals surface area contributed by atoms with E-state index in [2.05, 4.69) is 16.8 Å². The summed E-state index contributed by atoms with van der Waals surface area (Å²) in [6, 6.07) is 9.58. The van der Waals surface area contributed by atoms with Gasteiger partial charge in [-0.15, -0.1) is 10.2 Å². The minimum absolute atomic E-state index is 0.0322. The summed E-state index contributed by atoms with van der Waals surface area (Å²) < 4.78 is 1.42. The van der Waals surface area contributed by atoms with Crippen molar-refractivity contribution in [3.05, 3.63) is 42.5 Å². The van der Waals surface area contributed by atoms with Crippen LogP contribution >= 0.6 is 11.8 Å². The quantitative estimate of drug-likeness (QED) is 0.478. The third-order valence-corrected chi connectivity index (χ3v) is 4.14. The summed E-state index contributed by atoms with van der Waals surface area (Å²) in [7, 11) is 0. The maximum Gasteiger partial charge on any atom is 0.233 e. The van der Waals surface area contributed by atoms with E-state index in [0.717, 1.165) is 11.1 Å². The Hall–Kier alpha value is -2.28. The topological polar surface area (TPSA) is 77.0 Å². The molecule has 2 aromatic rings.